The molecule has 2 amide bonds. The van der Waals surface area contributed by atoms with E-state index in [2.05, 4.69) is 5.32 Å². The van der Waals surface area contributed by atoms with Gasteiger partial charge in [0.15, 0.2) is 0 Å². The Morgan fingerprint density at radius 3 is 2.22 bits per heavy atom. The second-order valence-electron chi connectivity index (χ2n) is 11.2. The van der Waals surface area contributed by atoms with Crippen molar-refractivity contribution in [3.8, 4) is 0 Å². The highest BCUT2D eigenvalue weighted by Crippen LogP contribution is 2.36. The first-order chi connectivity index (χ1) is 21.6. The minimum atomic E-state index is -4.80. The number of nitrogens with zero attached hydrogens (tertiary/aromatic N) is 2. The first-order valence-corrected chi connectivity index (χ1v) is 17.5. The Morgan fingerprint density at radius 2 is 1.61 bits per heavy atom. The van der Waals surface area contributed by atoms with E-state index in [0.29, 0.717) is 27.0 Å². The molecule has 0 bridgehead atoms. The number of carbonyl (C=O) groups is 2. The smallest absolute Gasteiger partial charge is 0.352 e. The third kappa shape index (κ3) is 9.53. The van der Waals surface area contributed by atoms with Crippen molar-refractivity contribution >= 4 is 62.3 Å². The monoisotopic (exact) mass is 717 g/mol. The number of sulfonamides is 1. The minimum absolute atomic E-state index is 0.0690. The summed E-state index contributed by atoms with van der Waals surface area (Å²) in [5, 5.41) is 3.30. The molecule has 1 atom stereocenters. The van der Waals surface area contributed by atoms with E-state index in [0.717, 1.165) is 50.0 Å². The lowest BCUT2D eigenvalue weighted by atomic mass is 9.94. The lowest BCUT2D eigenvalue weighted by Gasteiger charge is -2.35. The van der Waals surface area contributed by atoms with Gasteiger partial charge in [-0.15, -0.1) is 0 Å². The molecule has 1 saturated carbocycles. The van der Waals surface area contributed by atoms with Crippen LogP contribution in [0, 0.1) is 0 Å². The average Bonchev–Trinajstić information content (AvgIpc) is 2.99. The quantitative estimate of drug-likeness (QED) is 0.222. The molecule has 3 aromatic rings. The molecule has 1 N–H and O–H groups in total. The third-order valence-electron chi connectivity index (χ3n) is 7.80. The number of hydrogen-bond donors (Lipinski definition) is 1. The number of nitrogens with one attached hydrogen (secondary N) is 1. The number of benzene rings is 3. The van der Waals surface area contributed by atoms with Crippen LogP contribution in [0.15, 0.2) is 66.7 Å². The zero-order valence-corrected chi connectivity index (χ0v) is 28.0. The molecule has 3 aromatic carbocycles. The summed E-state index contributed by atoms with van der Waals surface area (Å²) in [6.45, 7) is -1.16. The summed E-state index contributed by atoms with van der Waals surface area (Å²) in [5.74, 6) is -1.30. The van der Waals surface area contributed by atoms with Gasteiger partial charge >= 0.3 is 6.18 Å². The predicted molar refractivity (Wildman–Crippen MR) is 175 cm³/mol. The van der Waals surface area contributed by atoms with E-state index in [1.165, 1.54) is 11.0 Å². The van der Waals surface area contributed by atoms with Gasteiger partial charge in [-0.2, -0.15) is 13.2 Å². The van der Waals surface area contributed by atoms with Crippen molar-refractivity contribution in [2.45, 2.75) is 63.3 Å². The fourth-order valence-electron chi connectivity index (χ4n) is 5.41. The normalized spacial score (nSPS) is 14.8. The highest BCUT2D eigenvalue weighted by Gasteiger charge is 2.36. The molecule has 0 aliphatic heterocycles. The number of alkyl halides is 3. The van der Waals surface area contributed by atoms with Gasteiger partial charge in [-0.3, -0.25) is 13.9 Å². The molecule has 0 heterocycles. The van der Waals surface area contributed by atoms with Crippen molar-refractivity contribution in [2.75, 3.05) is 17.1 Å². The van der Waals surface area contributed by atoms with Crippen molar-refractivity contribution < 1.29 is 31.2 Å². The molecule has 1 aliphatic rings. The van der Waals surface area contributed by atoms with Crippen LogP contribution in [0.25, 0.3) is 0 Å². The number of anilines is 1. The van der Waals surface area contributed by atoms with Crippen LogP contribution < -0.4 is 9.62 Å². The van der Waals surface area contributed by atoms with Gasteiger partial charge in [0, 0.05) is 29.1 Å². The maximum Gasteiger partial charge on any atom is 0.416 e. The number of rotatable bonds is 11. The predicted octanol–water partition coefficient (Wildman–Crippen LogP) is 7.52. The molecular weight excluding hydrogens is 686 g/mol. The Balaban J connectivity index is 1.79. The first-order valence-electron chi connectivity index (χ1n) is 14.6. The van der Waals surface area contributed by atoms with Crippen molar-refractivity contribution in [1.29, 1.82) is 0 Å². The summed E-state index contributed by atoms with van der Waals surface area (Å²) in [6, 6.07) is 14.6. The van der Waals surface area contributed by atoms with Gasteiger partial charge in [0.2, 0.25) is 21.8 Å². The summed E-state index contributed by atoms with van der Waals surface area (Å²) in [4.78, 5) is 29.5. The summed E-state index contributed by atoms with van der Waals surface area (Å²) in [5.41, 5.74) is -0.521. The maximum absolute atomic E-state index is 14.3. The molecule has 46 heavy (non-hydrogen) atoms. The Morgan fingerprint density at radius 1 is 0.935 bits per heavy atom. The largest absolute Gasteiger partial charge is 0.416 e. The SMILES string of the molecule is CS(=O)(=O)N(CC(=O)N(Cc1ccc(Cl)cc1Cl)[C@@H](Cc1ccccc1)C(=O)NC1CCCCC1)c1cc(C(F)(F)F)ccc1Cl. The molecule has 248 valence electrons. The molecule has 0 saturated heterocycles. The minimum Gasteiger partial charge on any atom is -0.352 e. The van der Waals surface area contributed by atoms with Gasteiger partial charge in [-0.1, -0.05) is 90.5 Å². The Kier molecular flexibility index (Phi) is 11.9. The Labute approximate surface area is 281 Å². The highest BCUT2D eigenvalue weighted by atomic mass is 35.5. The van der Waals surface area contributed by atoms with Crippen molar-refractivity contribution in [2.24, 2.45) is 0 Å². The van der Waals surface area contributed by atoms with Crippen molar-refractivity contribution in [1.82, 2.24) is 10.2 Å². The van der Waals surface area contributed by atoms with Gasteiger partial charge in [0.25, 0.3) is 0 Å². The molecule has 7 nitrogen and oxygen atoms in total. The third-order valence-corrected chi connectivity index (χ3v) is 9.83. The first kappa shape index (κ1) is 35.9. The molecule has 14 heteroatoms. The van der Waals surface area contributed by atoms with Crippen LogP contribution in [0.2, 0.25) is 15.1 Å². The second-order valence-corrected chi connectivity index (χ2v) is 14.4. The molecule has 0 spiro atoms. The topological polar surface area (TPSA) is 86.8 Å². The van der Waals surface area contributed by atoms with Crippen LogP contribution in [0.3, 0.4) is 0 Å². The average molecular weight is 719 g/mol. The van der Waals surface area contributed by atoms with E-state index >= 15 is 0 Å². The van der Waals surface area contributed by atoms with Gasteiger partial charge < -0.3 is 10.2 Å². The van der Waals surface area contributed by atoms with Crippen LogP contribution in [-0.4, -0.2) is 50.0 Å². The number of carbonyl (C=O) groups excluding carboxylic acids is 2. The van der Waals surface area contributed by atoms with E-state index in [1.807, 2.05) is 0 Å². The highest BCUT2D eigenvalue weighted by molar-refractivity contribution is 7.92. The van der Waals surface area contributed by atoms with E-state index in [-0.39, 0.29) is 29.1 Å². The van der Waals surface area contributed by atoms with Gasteiger partial charge in [-0.05, 0) is 54.3 Å². The fraction of sp³-hybridized carbons (Fsp3) is 0.375. The maximum atomic E-state index is 14.3. The van der Waals surface area contributed by atoms with E-state index in [4.69, 9.17) is 34.8 Å². The molecular formula is C32H33Cl3F3N3O4S. The Hall–Kier alpha value is -2.99. The van der Waals surface area contributed by atoms with E-state index in [9.17, 15) is 31.2 Å². The molecule has 1 aliphatic carbocycles. The summed E-state index contributed by atoms with van der Waals surface area (Å²) in [7, 11) is -4.36. The van der Waals surface area contributed by atoms with Crippen molar-refractivity contribution in [3.05, 3.63) is 98.5 Å². The van der Waals surface area contributed by atoms with Crippen LogP contribution in [0.5, 0.6) is 0 Å². The summed E-state index contributed by atoms with van der Waals surface area (Å²) >= 11 is 18.8. The Bertz CT molecular complexity index is 1650. The molecule has 0 unspecified atom stereocenters. The van der Waals surface area contributed by atoms with Crippen molar-refractivity contribution in [3.63, 3.8) is 0 Å². The van der Waals surface area contributed by atoms with E-state index in [1.54, 1.807) is 42.5 Å². The summed E-state index contributed by atoms with van der Waals surface area (Å²) < 4.78 is 67.3. The van der Waals surface area contributed by atoms with Gasteiger partial charge in [0.05, 0.1) is 22.5 Å². The standard InChI is InChI=1S/C32H33Cl3F3N3O4S/c1-46(44,45)41(28-17-23(32(36,37)38)13-15-26(28)34)20-30(42)40(19-22-12-14-24(33)18-27(22)35)29(16-21-8-4-2-5-9-21)31(43)39-25-10-6-3-7-11-25/h2,4-5,8-9,12-15,17-18,25,29H,3,6-7,10-11,16,19-20H2,1H3,(H,39,43)/t29-/m0/s1. The molecule has 0 radical (unpaired) electrons. The van der Waals surface area contributed by atoms with E-state index < -0.39 is 51.9 Å². The molecule has 1 fully saturated rings. The van der Waals surface area contributed by atoms with Crippen LogP contribution >= 0.6 is 34.8 Å². The number of hydrogen-bond acceptors (Lipinski definition) is 4. The van der Waals surface area contributed by atoms with Crippen LogP contribution in [0.4, 0.5) is 18.9 Å². The van der Waals surface area contributed by atoms with Gasteiger partial charge in [0.1, 0.15) is 12.6 Å². The number of amides is 2. The molecule has 4 rings (SSSR count). The second kappa shape index (κ2) is 15.3. The zero-order chi connectivity index (χ0) is 33.6. The fourth-order valence-corrected chi connectivity index (χ4v) is 7.00. The lowest BCUT2D eigenvalue weighted by molar-refractivity contribution is -0.140. The lowest BCUT2D eigenvalue weighted by Crippen LogP contribution is -2.55. The van der Waals surface area contributed by atoms with Gasteiger partial charge in [-0.25, -0.2) is 8.42 Å². The summed E-state index contributed by atoms with van der Waals surface area (Å²) in [6.07, 6.45) is 0.513. The molecule has 0 aromatic heterocycles. The van der Waals surface area contributed by atoms with Crippen LogP contribution in [-0.2, 0) is 38.8 Å². The zero-order valence-electron chi connectivity index (χ0n) is 24.9. The number of halogens is 6. The van der Waals surface area contributed by atoms with Crippen LogP contribution in [0.1, 0.15) is 48.8 Å².